The summed E-state index contributed by atoms with van der Waals surface area (Å²) in [5, 5.41) is 0. The van der Waals surface area contributed by atoms with Crippen LogP contribution in [-0.4, -0.2) is 89.4 Å². The van der Waals surface area contributed by atoms with Crippen molar-refractivity contribution in [1.29, 1.82) is 0 Å². The number of terminal acetylenes is 1. The number of rotatable bonds is 24. The molecule has 0 bridgehead atoms. The smallest absolute Gasteiger partial charge is 0.338 e. The second-order valence-corrected chi connectivity index (χ2v) is 33.9. The van der Waals surface area contributed by atoms with Gasteiger partial charge in [-0.2, -0.15) is 0 Å². The quantitative estimate of drug-likeness (QED) is 0.0248. The molecule has 0 radical (unpaired) electrons. The van der Waals surface area contributed by atoms with Crippen LogP contribution >= 0.6 is 0 Å². The Labute approximate surface area is 637 Å². The van der Waals surface area contributed by atoms with Crippen LogP contribution in [0.3, 0.4) is 0 Å². The zero-order chi connectivity index (χ0) is 76.8. The Hall–Kier alpha value is -8.64. The topological polar surface area (TPSA) is 193 Å². The lowest BCUT2D eigenvalue weighted by atomic mass is 9.75. The first-order chi connectivity index (χ1) is 51.2. The van der Waals surface area contributed by atoms with E-state index in [1.54, 1.807) is 121 Å². The van der Waals surface area contributed by atoms with Gasteiger partial charge in [-0.15, -0.1) is 6.42 Å². The van der Waals surface area contributed by atoms with E-state index in [9.17, 15) is 24.0 Å². The average molecular weight is 1450 g/mol. The minimum absolute atomic E-state index is 0.0201. The van der Waals surface area contributed by atoms with Gasteiger partial charge in [-0.05, 0) is 250 Å². The number of hydrogen-bond acceptors (Lipinski definition) is 15. The standard InChI is InChI=1S/C92H117N5O10/c1-17-79(94-70-29-19-24-65(49-70)89(99)104-82-44-60(13)34-39-75(82)55(4)5)86(96-72-31-21-26-67(51-72)91(101)106-84-46-62(15)36-41-77(84)57(8)9)87(97-73-32-22-27-68(52-73)92(102)107-85-47-63(16)37-42-78(85)58(10)11)80(95-71-30-20-25-66(50-71)90(100)105-83-45-61(14)35-40-76(83)56(6)7)53-93-69-28-18-23-64(48-69)88(98)103-81-43-59(12)33-38-74(81)54(2)3/h1,18-32,48-63,74-78,81-85H,33-47H2,2-16H3/t59-,60-,61-,62-,63-,74+,75+,76+,77+,78+,81-,82-,83-,84-,85-/m0/s1. The Morgan fingerprint density at radius 1 is 0.346 bits per heavy atom. The molecule has 0 unspecified atom stereocenters. The molecule has 0 N–H and O–H groups in total. The monoisotopic (exact) mass is 1450 g/mol. The van der Waals surface area contributed by atoms with E-state index >= 15 is 0 Å². The predicted octanol–water partition coefficient (Wildman–Crippen LogP) is 22.2. The summed E-state index contributed by atoms with van der Waals surface area (Å²) in [5.41, 5.74) is 2.68. The summed E-state index contributed by atoms with van der Waals surface area (Å²) in [6, 6.07) is 34.2. The fourth-order valence-corrected chi connectivity index (χ4v) is 17.2. The minimum Gasteiger partial charge on any atom is -0.458 e. The first kappa shape index (κ1) is 80.9. The van der Waals surface area contributed by atoms with Crippen molar-refractivity contribution < 1.29 is 47.7 Å². The van der Waals surface area contributed by atoms with Gasteiger partial charge < -0.3 is 23.7 Å². The van der Waals surface area contributed by atoms with Gasteiger partial charge in [0.25, 0.3) is 0 Å². The molecule has 15 nitrogen and oxygen atoms in total. The summed E-state index contributed by atoms with van der Waals surface area (Å²) in [6.07, 6.45) is 20.7. The van der Waals surface area contributed by atoms with E-state index in [1.165, 1.54) is 6.21 Å². The predicted molar refractivity (Wildman–Crippen MR) is 430 cm³/mol. The Morgan fingerprint density at radius 2 is 0.589 bits per heavy atom. The highest BCUT2D eigenvalue weighted by Crippen LogP contribution is 2.42. The first-order valence-electron chi connectivity index (χ1n) is 40.1. The highest BCUT2D eigenvalue weighted by atomic mass is 16.6. The van der Waals surface area contributed by atoms with Gasteiger partial charge in [-0.3, -0.25) is 4.99 Å². The van der Waals surface area contributed by atoms with Crippen LogP contribution in [0.2, 0.25) is 0 Å². The molecule has 5 aromatic rings. The summed E-state index contributed by atoms with van der Waals surface area (Å²) in [7, 11) is 0. The van der Waals surface area contributed by atoms with E-state index in [-0.39, 0.29) is 128 Å². The van der Waals surface area contributed by atoms with Crippen LogP contribution in [0.25, 0.3) is 0 Å². The van der Waals surface area contributed by atoms with Gasteiger partial charge in [-0.1, -0.05) is 166 Å². The van der Waals surface area contributed by atoms with Crippen molar-refractivity contribution in [3.05, 3.63) is 149 Å². The van der Waals surface area contributed by atoms with E-state index < -0.39 is 29.8 Å². The Balaban J connectivity index is 1.18. The van der Waals surface area contributed by atoms with Crippen LogP contribution in [0.1, 0.15) is 252 Å². The summed E-state index contributed by atoms with van der Waals surface area (Å²) in [5.74, 6) is 4.78. The molecule has 5 aromatic carbocycles. The van der Waals surface area contributed by atoms with Crippen LogP contribution in [0.4, 0.5) is 28.4 Å². The molecule has 15 heteroatoms. The molecular weight excluding hydrogens is 1340 g/mol. The van der Waals surface area contributed by atoms with Crippen molar-refractivity contribution in [2.45, 2.75) is 231 Å². The third-order valence-electron chi connectivity index (χ3n) is 23.6. The second kappa shape index (κ2) is 37.5. The van der Waals surface area contributed by atoms with Gasteiger partial charge in [0.15, 0.2) is 0 Å². The summed E-state index contributed by atoms with van der Waals surface area (Å²) in [4.78, 5) is 99.5. The maximum absolute atomic E-state index is 14.7. The molecule has 0 aliphatic heterocycles. The Bertz CT molecular complexity index is 4130. The Morgan fingerprint density at radius 3 is 0.860 bits per heavy atom. The molecule has 5 aliphatic carbocycles. The number of aliphatic imine (C=N–C) groups is 5. The molecular formula is C92H117N5O10. The lowest BCUT2D eigenvalue weighted by Gasteiger charge is -2.36. The fourth-order valence-electron chi connectivity index (χ4n) is 17.2. The molecule has 570 valence electrons. The molecule has 5 fully saturated rings. The number of nitrogens with zero attached hydrogens (tertiary/aromatic N) is 5. The van der Waals surface area contributed by atoms with E-state index in [0.29, 0.717) is 70.2 Å². The third kappa shape index (κ3) is 21.8. The van der Waals surface area contributed by atoms with Crippen molar-refractivity contribution in [1.82, 2.24) is 0 Å². The van der Waals surface area contributed by atoms with Gasteiger partial charge >= 0.3 is 29.8 Å². The molecule has 0 heterocycles. The van der Waals surface area contributed by atoms with E-state index in [4.69, 9.17) is 55.1 Å². The van der Waals surface area contributed by atoms with Crippen molar-refractivity contribution in [2.24, 2.45) is 114 Å². The molecule has 15 atom stereocenters. The van der Waals surface area contributed by atoms with Crippen LogP contribution in [0.15, 0.2) is 146 Å². The molecule has 0 saturated heterocycles. The number of carbonyl (C=O) groups excluding carboxylic acids is 5. The maximum atomic E-state index is 14.7. The van der Waals surface area contributed by atoms with Gasteiger partial charge in [0, 0.05) is 0 Å². The molecule has 107 heavy (non-hydrogen) atoms. The Kier molecular flexibility index (Phi) is 28.3. The zero-order valence-electron chi connectivity index (χ0n) is 66.2. The normalized spacial score (nSPS) is 27.0. The highest BCUT2D eigenvalue weighted by molar-refractivity contribution is 6.90. The maximum Gasteiger partial charge on any atom is 0.338 e. The zero-order valence-corrected chi connectivity index (χ0v) is 66.2. The molecule has 0 aromatic heterocycles. The summed E-state index contributed by atoms with van der Waals surface area (Å²) >= 11 is 0. The SMILES string of the molecule is C#CC(=Nc1cccc(C(=O)O[C@H]2C[C@@H](C)CC[C@@H]2C(C)C)c1)C(=Nc1cccc(C(=O)O[C@H]2C[C@@H](C)CC[C@@H]2C(C)C)c1)C(=Nc1cccc(C(=O)O[C@H]2C[C@@H](C)CC[C@@H]2C(C)C)c1)C(C=Nc1cccc(C(=O)O[C@H]2C[C@@H](C)CC[C@@H]2C(C)C)c1)=Nc1cccc(C(=O)O[C@H]2C[C@@H](C)CC[C@@H]2C(C)C)c1. The van der Waals surface area contributed by atoms with Gasteiger partial charge in [-0.25, -0.2) is 43.9 Å². The van der Waals surface area contributed by atoms with Gasteiger partial charge in [0.05, 0.1) is 62.5 Å². The summed E-state index contributed by atoms with van der Waals surface area (Å²) in [6.45, 7) is 32.7. The number of esters is 5. The molecule has 5 saturated carbocycles. The van der Waals surface area contributed by atoms with Crippen LogP contribution < -0.4 is 0 Å². The molecule has 5 aliphatic rings. The molecule has 10 rings (SSSR count). The molecule has 0 spiro atoms. The summed E-state index contributed by atoms with van der Waals surface area (Å²) < 4.78 is 32.2. The van der Waals surface area contributed by atoms with E-state index in [0.717, 1.165) is 96.3 Å². The van der Waals surface area contributed by atoms with Gasteiger partial charge in [0.1, 0.15) is 53.4 Å². The van der Waals surface area contributed by atoms with E-state index in [1.807, 2.05) is 0 Å². The van der Waals surface area contributed by atoms with Crippen molar-refractivity contribution in [2.75, 3.05) is 0 Å². The fraction of sp³-hybridized carbons (Fsp3) is 0.543. The third-order valence-corrected chi connectivity index (χ3v) is 23.6. The van der Waals surface area contributed by atoms with E-state index in [2.05, 4.69) is 110 Å². The van der Waals surface area contributed by atoms with Crippen LogP contribution in [0.5, 0.6) is 0 Å². The minimum atomic E-state index is -0.506. The molecule has 0 amide bonds. The first-order valence-corrected chi connectivity index (χ1v) is 40.1. The van der Waals surface area contributed by atoms with Crippen molar-refractivity contribution in [3.8, 4) is 12.3 Å². The van der Waals surface area contributed by atoms with Crippen molar-refractivity contribution in [3.63, 3.8) is 0 Å². The second-order valence-electron chi connectivity index (χ2n) is 33.9. The van der Waals surface area contributed by atoms with Crippen LogP contribution in [-0.2, 0) is 23.7 Å². The van der Waals surface area contributed by atoms with Gasteiger partial charge in [0.2, 0.25) is 0 Å². The highest BCUT2D eigenvalue weighted by Gasteiger charge is 2.39. The number of benzene rings is 5. The number of carbonyl (C=O) groups is 5. The van der Waals surface area contributed by atoms with Crippen LogP contribution in [0, 0.1) is 101 Å². The average Bonchev–Trinajstić information content (AvgIpc) is 0.822. The lowest BCUT2D eigenvalue weighted by Crippen LogP contribution is -2.35. The number of ether oxygens (including phenoxy) is 5. The number of hydrogen-bond donors (Lipinski definition) is 0. The van der Waals surface area contributed by atoms with Crippen molar-refractivity contribution >= 4 is 87.3 Å². The lowest BCUT2D eigenvalue weighted by molar-refractivity contribution is -0.0181. The largest absolute Gasteiger partial charge is 0.458 e.